The van der Waals surface area contributed by atoms with Crippen molar-refractivity contribution in [2.45, 2.75) is 25.7 Å². The molecular weight excluding hydrogens is 293 g/mol. The average Bonchev–Trinajstić information content (AvgIpc) is 2.41. The Hall–Kier alpha value is -1.38. The maximum atomic E-state index is 12.4. The van der Waals surface area contributed by atoms with E-state index >= 15 is 0 Å². The van der Waals surface area contributed by atoms with E-state index in [0.29, 0.717) is 16.5 Å². The first-order chi connectivity index (χ1) is 9.58. The summed E-state index contributed by atoms with van der Waals surface area (Å²) in [7, 11) is 0. The molecule has 0 bridgehead atoms. The number of ketones is 1. The molecule has 0 fully saturated rings. The second-order valence-electron chi connectivity index (χ2n) is 5.12. The summed E-state index contributed by atoms with van der Waals surface area (Å²) in [6.45, 7) is 1.95. The molecule has 1 aromatic carbocycles. The number of aromatic nitrogens is 1. The molecule has 0 radical (unpaired) electrons. The van der Waals surface area contributed by atoms with Crippen LogP contribution in [0.1, 0.15) is 39.5 Å². The van der Waals surface area contributed by atoms with Gasteiger partial charge in [-0.2, -0.15) is 0 Å². The zero-order valence-corrected chi connectivity index (χ0v) is 12.5. The van der Waals surface area contributed by atoms with E-state index in [-0.39, 0.29) is 11.7 Å². The number of rotatable bonds is 1. The molecule has 1 aliphatic carbocycles. The van der Waals surface area contributed by atoms with Crippen molar-refractivity contribution in [1.29, 1.82) is 0 Å². The molecule has 2 nitrogen and oxygen atoms in total. The van der Waals surface area contributed by atoms with Crippen molar-refractivity contribution in [1.82, 2.24) is 4.98 Å². The van der Waals surface area contributed by atoms with Gasteiger partial charge in [-0.25, -0.2) is 0 Å². The van der Waals surface area contributed by atoms with E-state index in [4.69, 9.17) is 23.2 Å². The molecular formula is C16H13Cl2NO. The minimum absolute atomic E-state index is 0.0514. The quantitative estimate of drug-likeness (QED) is 0.770. The maximum Gasteiger partial charge on any atom is 0.165 e. The van der Waals surface area contributed by atoms with E-state index in [1.54, 1.807) is 12.3 Å². The molecule has 0 amide bonds. The molecule has 1 atom stereocenters. The Labute approximate surface area is 127 Å². The van der Waals surface area contributed by atoms with Gasteiger partial charge in [-0.1, -0.05) is 35.3 Å². The summed E-state index contributed by atoms with van der Waals surface area (Å²) in [6.07, 6.45) is 2.94. The molecule has 1 aromatic heterocycles. The third-order valence-electron chi connectivity index (χ3n) is 3.81. The van der Waals surface area contributed by atoms with Crippen molar-refractivity contribution in [3.05, 3.63) is 62.9 Å². The SMILES string of the molecule is Cc1ccnc2c1C(=O)C[C@H](c1cccc(Cl)c1Cl)C2. The van der Waals surface area contributed by atoms with Crippen molar-refractivity contribution in [3.8, 4) is 0 Å². The van der Waals surface area contributed by atoms with Crippen LogP contribution < -0.4 is 0 Å². The Balaban J connectivity index is 2.04. The van der Waals surface area contributed by atoms with Crippen LogP contribution in [0.15, 0.2) is 30.5 Å². The number of Topliss-reactive ketones (excluding diaryl/α,β-unsaturated/α-hetero) is 1. The van der Waals surface area contributed by atoms with Crippen LogP contribution in [0.5, 0.6) is 0 Å². The molecule has 2 aromatic rings. The number of fused-ring (bicyclic) bond motifs is 1. The summed E-state index contributed by atoms with van der Waals surface area (Å²) in [5.41, 5.74) is 3.57. The van der Waals surface area contributed by atoms with E-state index in [1.165, 1.54) is 0 Å². The molecule has 4 heteroatoms. The molecule has 0 spiro atoms. The third-order valence-corrected chi connectivity index (χ3v) is 4.64. The normalized spacial score (nSPS) is 17.9. The van der Waals surface area contributed by atoms with Crippen molar-refractivity contribution < 1.29 is 4.79 Å². The molecule has 0 aliphatic heterocycles. The van der Waals surface area contributed by atoms with Crippen LogP contribution in [0, 0.1) is 6.92 Å². The lowest BCUT2D eigenvalue weighted by molar-refractivity contribution is 0.0962. The van der Waals surface area contributed by atoms with Crippen molar-refractivity contribution in [2.24, 2.45) is 0 Å². The maximum absolute atomic E-state index is 12.4. The molecule has 20 heavy (non-hydrogen) atoms. The summed E-state index contributed by atoms with van der Waals surface area (Å²) in [4.78, 5) is 16.7. The van der Waals surface area contributed by atoms with Crippen LogP contribution in [0.2, 0.25) is 10.0 Å². The van der Waals surface area contributed by atoms with E-state index in [1.807, 2.05) is 25.1 Å². The van der Waals surface area contributed by atoms with Crippen LogP contribution in [0.4, 0.5) is 0 Å². The molecule has 3 rings (SSSR count). The highest BCUT2D eigenvalue weighted by Gasteiger charge is 2.29. The molecule has 1 heterocycles. The minimum atomic E-state index is 0.0514. The van der Waals surface area contributed by atoms with Gasteiger partial charge in [0.25, 0.3) is 0 Å². The number of carbonyl (C=O) groups excluding carboxylic acids is 1. The second kappa shape index (κ2) is 5.19. The van der Waals surface area contributed by atoms with E-state index < -0.39 is 0 Å². The zero-order chi connectivity index (χ0) is 14.3. The van der Waals surface area contributed by atoms with Crippen LogP contribution in [-0.2, 0) is 6.42 Å². The first-order valence-electron chi connectivity index (χ1n) is 6.49. The fourth-order valence-electron chi connectivity index (χ4n) is 2.84. The Morgan fingerprint density at radius 3 is 2.80 bits per heavy atom. The van der Waals surface area contributed by atoms with Gasteiger partial charge in [0.15, 0.2) is 5.78 Å². The molecule has 1 aliphatic rings. The third kappa shape index (κ3) is 2.23. The number of pyridine rings is 1. The van der Waals surface area contributed by atoms with Gasteiger partial charge < -0.3 is 0 Å². The standard InChI is InChI=1S/C16H13Cl2NO/c1-9-5-6-19-13-7-10(8-14(20)15(9)13)11-3-2-4-12(17)16(11)18/h2-6,10H,7-8H2,1H3/t10-/m1/s1. The number of hydrogen-bond donors (Lipinski definition) is 0. The molecule has 0 saturated carbocycles. The summed E-state index contributed by atoms with van der Waals surface area (Å²) in [5, 5.41) is 1.07. The molecule has 0 N–H and O–H groups in total. The van der Waals surface area contributed by atoms with Crippen molar-refractivity contribution in [2.75, 3.05) is 0 Å². The summed E-state index contributed by atoms with van der Waals surface area (Å²) in [6, 6.07) is 7.44. The van der Waals surface area contributed by atoms with Crippen molar-refractivity contribution >= 4 is 29.0 Å². The van der Waals surface area contributed by atoms with Crippen LogP contribution in [-0.4, -0.2) is 10.8 Å². The Kier molecular flexibility index (Phi) is 3.53. The number of benzene rings is 1. The van der Waals surface area contributed by atoms with Crippen molar-refractivity contribution in [3.63, 3.8) is 0 Å². The largest absolute Gasteiger partial charge is 0.294 e. The molecule has 0 saturated heterocycles. The highest BCUT2D eigenvalue weighted by molar-refractivity contribution is 6.42. The average molecular weight is 306 g/mol. The van der Waals surface area contributed by atoms with Gasteiger partial charge >= 0.3 is 0 Å². The Bertz CT molecular complexity index is 697. The number of carbonyl (C=O) groups is 1. The van der Waals surface area contributed by atoms with E-state index in [9.17, 15) is 4.79 Å². The van der Waals surface area contributed by atoms with Gasteiger partial charge in [0, 0.05) is 18.2 Å². The summed E-state index contributed by atoms with van der Waals surface area (Å²) in [5.74, 6) is 0.188. The van der Waals surface area contributed by atoms with Gasteiger partial charge in [-0.3, -0.25) is 9.78 Å². The minimum Gasteiger partial charge on any atom is -0.294 e. The lowest BCUT2D eigenvalue weighted by Crippen LogP contribution is -2.21. The zero-order valence-electron chi connectivity index (χ0n) is 11.0. The first-order valence-corrected chi connectivity index (χ1v) is 7.25. The van der Waals surface area contributed by atoms with E-state index in [2.05, 4.69) is 4.98 Å². The number of nitrogens with zero attached hydrogens (tertiary/aromatic N) is 1. The van der Waals surface area contributed by atoms with Crippen LogP contribution in [0.3, 0.4) is 0 Å². The monoisotopic (exact) mass is 305 g/mol. The van der Waals surface area contributed by atoms with Gasteiger partial charge in [-0.15, -0.1) is 0 Å². The fourth-order valence-corrected chi connectivity index (χ4v) is 3.30. The van der Waals surface area contributed by atoms with Gasteiger partial charge in [-0.05, 0) is 42.5 Å². The van der Waals surface area contributed by atoms with Crippen LogP contribution >= 0.6 is 23.2 Å². The summed E-state index contributed by atoms with van der Waals surface area (Å²) < 4.78 is 0. The first kappa shape index (κ1) is 13.6. The lowest BCUT2D eigenvalue weighted by atomic mass is 9.80. The number of hydrogen-bond acceptors (Lipinski definition) is 2. The van der Waals surface area contributed by atoms with E-state index in [0.717, 1.165) is 28.8 Å². The van der Waals surface area contributed by atoms with Crippen LogP contribution in [0.25, 0.3) is 0 Å². The predicted octanol–water partition coefficient (Wildman–Crippen LogP) is 4.61. The highest BCUT2D eigenvalue weighted by Crippen LogP contribution is 2.38. The Morgan fingerprint density at radius 2 is 2.00 bits per heavy atom. The number of aryl methyl sites for hydroxylation is 1. The lowest BCUT2D eigenvalue weighted by Gasteiger charge is -2.25. The highest BCUT2D eigenvalue weighted by atomic mass is 35.5. The second-order valence-corrected chi connectivity index (χ2v) is 5.91. The van der Waals surface area contributed by atoms with Gasteiger partial charge in [0.2, 0.25) is 0 Å². The smallest absolute Gasteiger partial charge is 0.165 e. The molecule has 0 unspecified atom stereocenters. The number of halogens is 2. The summed E-state index contributed by atoms with van der Waals surface area (Å²) >= 11 is 12.3. The predicted molar refractivity (Wildman–Crippen MR) is 80.8 cm³/mol. The topological polar surface area (TPSA) is 30.0 Å². The Morgan fingerprint density at radius 1 is 1.20 bits per heavy atom. The van der Waals surface area contributed by atoms with Gasteiger partial charge in [0.1, 0.15) is 0 Å². The van der Waals surface area contributed by atoms with Gasteiger partial charge in [0.05, 0.1) is 15.7 Å². The molecule has 102 valence electrons. The fraction of sp³-hybridized carbons (Fsp3) is 0.250.